The first kappa shape index (κ1) is 28.6. The van der Waals surface area contributed by atoms with Gasteiger partial charge in [0.15, 0.2) is 12.7 Å². The first-order chi connectivity index (χ1) is 20.2. The maximum atomic E-state index is 13.3. The second-order valence-electron chi connectivity index (χ2n) is 9.61. The molecule has 9 nitrogen and oxygen atoms in total. The number of anilines is 2. The van der Waals surface area contributed by atoms with Crippen LogP contribution in [0.3, 0.4) is 0 Å². The largest absolute Gasteiger partial charge is 0.483 e. The fourth-order valence-corrected chi connectivity index (χ4v) is 5.55. The van der Waals surface area contributed by atoms with E-state index < -0.39 is 27.9 Å². The van der Waals surface area contributed by atoms with Gasteiger partial charge in [0.1, 0.15) is 17.3 Å². The zero-order chi connectivity index (χ0) is 29.7. The van der Waals surface area contributed by atoms with E-state index in [0.717, 1.165) is 17.7 Å². The molecule has 11 heteroatoms. The van der Waals surface area contributed by atoms with Gasteiger partial charge in [0.25, 0.3) is 21.8 Å². The predicted molar refractivity (Wildman–Crippen MR) is 155 cm³/mol. The Labute approximate surface area is 242 Å². The molecule has 0 spiro atoms. The minimum atomic E-state index is -3.94. The highest BCUT2D eigenvalue weighted by Crippen LogP contribution is 2.33. The number of ether oxygens (including phenoxy) is 2. The van der Waals surface area contributed by atoms with Gasteiger partial charge in [-0.15, -0.1) is 0 Å². The number of sulfonamides is 1. The van der Waals surface area contributed by atoms with Crippen molar-refractivity contribution in [2.24, 2.45) is 0 Å². The summed E-state index contributed by atoms with van der Waals surface area (Å²) in [5, 5.41) is 2.86. The van der Waals surface area contributed by atoms with E-state index in [1.165, 1.54) is 35.2 Å². The Balaban J connectivity index is 1.24. The summed E-state index contributed by atoms with van der Waals surface area (Å²) < 4.78 is 52.9. The molecule has 2 N–H and O–H groups in total. The van der Waals surface area contributed by atoms with Crippen molar-refractivity contribution in [1.82, 2.24) is 5.32 Å². The number of nitrogens with zero attached hydrogens (tertiary/aromatic N) is 1. The van der Waals surface area contributed by atoms with Crippen molar-refractivity contribution in [2.75, 3.05) is 22.8 Å². The van der Waals surface area contributed by atoms with E-state index in [-0.39, 0.29) is 29.6 Å². The average Bonchev–Trinajstić information content (AvgIpc) is 3.00. The van der Waals surface area contributed by atoms with Crippen LogP contribution in [0.1, 0.15) is 11.1 Å². The molecule has 0 fully saturated rings. The van der Waals surface area contributed by atoms with Gasteiger partial charge < -0.3 is 19.7 Å². The van der Waals surface area contributed by atoms with Crippen LogP contribution in [0.15, 0.2) is 102 Å². The van der Waals surface area contributed by atoms with E-state index in [9.17, 15) is 22.4 Å². The van der Waals surface area contributed by atoms with Gasteiger partial charge in [-0.25, -0.2) is 12.8 Å². The Morgan fingerprint density at radius 1 is 0.976 bits per heavy atom. The van der Waals surface area contributed by atoms with Gasteiger partial charge in [-0.3, -0.25) is 14.3 Å². The van der Waals surface area contributed by atoms with E-state index in [1.54, 1.807) is 31.2 Å². The van der Waals surface area contributed by atoms with Crippen LogP contribution in [0.25, 0.3) is 0 Å². The zero-order valence-electron chi connectivity index (χ0n) is 22.6. The number of hydrogen-bond donors (Lipinski definition) is 2. The standard InChI is InChI=1S/C31H28FN3O6S/c1-21-17-25(42(38,39)34-24-13-11-23(32)12-14-24)15-16-27(21)40-20-30(36)35-19-29(41-28-10-6-5-9-26(28)35)31(37)33-18-22-7-3-2-4-8-22/h2-17,29,34H,18-20H2,1H3,(H,33,37)/t29-/m0/s1. The van der Waals surface area contributed by atoms with Crippen LogP contribution < -0.4 is 24.4 Å². The number of halogens is 1. The molecule has 1 aliphatic heterocycles. The Morgan fingerprint density at radius 3 is 2.43 bits per heavy atom. The molecule has 0 radical (unpaired) electrons. The summed E-state index contributed by atoms with van der Waals surface area (Å²) in [7, 11) is -3.94. The average molecular weight is 590 g/mol. The maximum Gasteiger partial charge on any atom is 0.265 e. The molecule has 0 bridgehead atoms. The van der Waals surface area contributed by atoms with Gasteiger partial charge >= 0.3 is 0 Å². The molecular formula is C31H28FN3O6S. The quantitative estimate of drug-likeness (QED) is 0.299. The lowest BCUT2D eigenvalue weighted by Crippen LogP contribution is -2.51. The summed E-state index contributed by atoms with van der Waals surface area (Å²) in [4.78, 5) is 27.7. The second kappa shape index (κ2) is 12.3. The highest BCUT2D eigenvalue weighted by atomic mass is 32.2. The number of para-hydroxylation sites is 2. The number of carbonyl (C=O) groups excluding carboxylic acids is 2. The molecule has 0 saturated heterocycles. The molecule has 0 unspecified atom stereocenters. The minimum absolute atomic E-state index is 0.00888. The Morgan fingerprint density at radius 2 is 1.69 bits per heavy atom. The Kier molecular flexibility index (Phi) is 8.39. The molecule has 0 aromatic heterocycles. The summed E-state index contributed by atoms with van der Waals surface area (Å²) >= 11 is 0. The predicted octanol–water partition coefficient (Wildman–Crippen LogP) is 4.42. The molecule has 0 aliphatic carbocycles. The topological polar surface area (TPSA) is 114 Å². The molecule has 2 amide bonds. The number of hydrogen-bond acceptors (Lipinski definition) is 6. The number of aryl methyl sites for hydroxylation is 1. The van der Waals surface area contributed by atoms with E-state index >= 15 is 0 Å². The summed E-state index contributed by atoms with van der Waals surface area (Å²) in [5.41, 5.74) is 2.16. The van der Waals surface area contributed by atoms with E-state index in [4.69, 9.17) is 9.47 Å². The third-order valence-electron chi connectivity index (χ3n) is 6.58. The van der Waals surface area contributed by atoms with Crippen molar-refractivity contribution in [1.29, 1.82) is 0 Å². The molecule has 1 heterocycles. The van der Waals surface area contributed by atoms with Crippen LogP contribution in [0, 0.1) is 12.7 Å². The molecule has 42 heavy (non-hydrogen) atoms. The van der Waals surface area contributed by atoms with Gasteiger partial charge in [-0.2, -0.15) is 0 Å². The number of fused-ring (bicyclic) bond motifs is 1. The van der Waals surface area contributed by atoms with Crippen LogP contribution in [0.2, 0.25) is 0 Å². The van der Waals surface area contributed by atoms with Crippen molar-refractivity contribution in [3.63, 3.8) is 0 Å². The summed E-state index contributed by atoms with van der Waals surface area (Å²) in [6, 6.07) is 25.6. The van der Waals surface area contributed by atoms with Gasteiger partial charge in [-0.1, -0.05) is 42.5 Å². The summed E-state index contributed by atoms with van der Waals surface area (Å²) in [5.74, 6) is -0.513. The first-order valence-corrected chi connectivity index (χ1v) is 14.6. The first-order valence-electron chi connectivity index (χ1n) is 13.1. The van der Waals surface area contributed by atoms with Gasteiger partial charge in [0.2, 0.25) is 0 Å². The molecular weight excluding hydrogens is 561 g/mol. The molecule has 0 saturated carbocycles. The number of rotatable bonds is 9. The third-order valence-corrected chi connectivity index (χ3v) is 7.96. The lowest BCUT2D eigenvalue weighted by atomic mass is 10.1. The van der Waals surface area contributed by atoms with Crippen molar-refractivity contribution in [3.05, 3.63) is 114 Å². The lowest BCUT2D eigenvalue weighted by Gasteiger charge is -2.34. The fraction of sp³-hybridized carbons (Fsp3) is 0.161. The van der Waals surface area contributed by atoms with E-state index in [0.29, 0.717) is 29.3 Å². The van der Waals surface area contributed by atoms with Crippen LogP contribution in [-0.4, -0.2) is 39.5 Å². The molecule has 216 valence electrons. The monoisotopic (exact) mass is 589 g/mol. The maximum absolute atomic E-state index is 13.3. The minimum Gasteiger partial charge on any atom is -0.483 e. The highest BCUT2D eigenvalue weighted by molar-refractivity contribution is 7.92. The van der Waals surface area contributed by atoms with E-state index in [2.05, 4.69) is 10.0 Å². The highest BCUT2D eigenvalue weighted by Gasteiger charge is 2.34. The zero-order valence-corrected chi connectivity index (χ0v) is 23.4. The van der Waals surface area contributed by atoms with Gasteiger partial charge in [-0.05, 0) is 72.6 Å². The van der Waals surface area contributed by atoms with Gasteiger partial charge in [0, 0.05) is 12.2 Å². The van der Waals surface area contributed by atoms with Crippen LogP contribution in [0.4, 0.5) is 15.8 Å². The molecule has 1 aliphatic rings. The third kappa shape index (κ3) is 6.69. The summed E-state index contributed by atoms with van der Waals surface area (Å²) in [6.45, 7) is 1.62. The van der Waals surface area contributed by atoms with E-state index in [1.807, 2.05) is 30.3 Å². The number of amides is 2. The fourth-order valence-electron chi connectivity index (χ4n) is 4.41. The smallest absolute Gasteiger partial charge is 0.265 e. The molecule has 5 rings (SSSR count). The van der Waals surface area contributed by atoms with Crippen molar-refractivity contribution < 1.29 is 31.9 Å². The van der Waals surface area contributed by atoms with Crippen molar-refractivity contribution in [2.45, 2.75) is 24.5 Å². The second-order valence-corrected chi connectivity index (χ2v) is 11.3. The normalized spacial score (nSPS) is 14.3. The SMILES string of the molecule is Cc1cc(S(=O)(=O)Nc2ccc(F)cc2)ccc1OCC(=O)N1C[C@@H](C(=O)NCc2ccccc2)Oc2ccccc21. The van der Waals surface area contributed by atoms with Crippen LogP contribution >= 0.6 is 0 Å². The number of nitrogens with one attached hydrogen (secondary N) is 2. The van der Waals surface area contributed by atoms with Crippen LogP contribution in [-0.2, 0) is 26.2 Å². The molecule has 4 aromatic carbocycles. The number of benzene rings is 4. The van der Waals surface area contributed by atoms with Crippen LogP contribution in [0.5, 0.6) is 11.5 Å². The van der Waals surface area contributed by atoms with Gasteiger partial charge in [0.05, 0.1) is 17.1 Å². The molecule has 1 atom stereocenters. The molecule has 4 aromatic rings. The number of carbonyl (C=O) groups is 2. The lowest BCUT2D eigenvalue weighted by molar-refractivity contribution is -0.128. The Hall–Kier alpha value is -4.90. The van der Waals surface area contributed by atoms with Crippen molar-refractivity contribution in [3.8, 4) is 11.5 Å². The summed E-state index contributed by atoms with van der Waals surface area (Å²) in [6.07, 6.45) is -0.924. The Bertz CT molecular complexity index is 1700. The van der Waals surface area contributed by atoms with Crippen molar-refractivity contribution >= 4 is 33.2 Å².